The Balaban J connectivity index is 1.41. The molecule has 0 amide bonds. The molecule has 1 saturated carbocycles. The normalized spacial score (nSPS) is 30.8. The Morgan fingerprint density at radius 1 is 1.11 bits per heavy atom. The van der Waals surface area contributed by atoms with E-state index >= 15 is 0 Å². The van der Waals surface area contributed by atoms with Crippen LogP contribution in [0.15, 0.2) is 0 Å². The van der Waals surface area contributed by atoms with Crippen LogP contribution < -0.4 is 4.72 Å². The van der Waals surface area contributed by atoms with Crippen molar-refractivity contribution in [2.24, 2.45) is 5.92 Å². The third-order valence-electron chi connectivity index (χ3n) is 4.42. The molecule has 0 aromatic rings. The third kappa shape index (κ3) is 3.68. The highest BCUT2D eigenvalue weighted by atomic mass is 32.2. The van der Waals surface area contributed by atoms with E-state index in [-0.39, 0.29) is 11.3 Å². The molecule has 2 heterocycles. The molecule has 19 heavy (non-hydrogen) atoms. The van der Waals surface area contributed by atoms with E-state index in [9.17, 15) is 8.42 Å². The zero-order valence-electron chi connectivity index (χ0n) is 11.4. The Kier molecular flexibility index (Phi) is 4.12. The van der Waals surface area contributed by atoms with Crippen molar-refractivity contribution in [3.63, 3.8) is 0 Å². The molecule has 0 spiro atoms. The molecule has 1 N–H and O–H groups in total. The lowest BCUT2D eigenvalue weighted by molar-refractivity contribution is 0.151. The molecule has 3 fully saturated rings. The van der Waals surface area contributed by atoms with Crippen LogP contribution in [0.2, 0.25) is 0 Å². The van der Waals surface area contributed by atoms with Crippen LogP contribution in [0, 0.1) is 5.92 Å². The summed E-state index contributed by atoms with van der Waals surface area (Å²) in [6, 6.07) is 0.154. The first-order chi connectivity index (χ1) is 9.13. The summed E-state index contributed by atoms with van der Waals surface area (Å²) in [5.74, 6) is 0.680. The van der Waals surface area contributed by atoms with Gasteiger partial charge in [-0.05, 0) is 51.1 Å². The number of piperidine rings is 1. The zero-order valence-corrected chi connectivity index (χ0v) is 12.2. The maximum absolute atomic E-state index is 11.9. The molecule has 2 aliphatic heterocycles. The number of likely N-dealkylation sites (tertiary alicyclic amines) is 1. The first kappa shape index (κ1) is 13.8. The first-order valence-electron chi connectivity index (χ1n) is 7.45. The van der Waals surface area contributed by atoms with Gasteiger partial charge in [-0.15, -0.1) is 0 Å². The third-order valence-corrected chi connectivity index (χ3v) is 6.43. The van der Waals surface area contributed by atoms with Gasteiger partial charge in [-0.3, -0.25) is 0 Å². The Hall–Kier alpha value is -0.170. The summed E-state index contributed by atoms with van der Waals surface area (Å²) in [7, 11) is -3.02. The van der Waals surface area contributed by atoms with Crippen LogP contribution in [0.4, 0.5) is 0 Å². The minimum Gasteiger partial charge on any atom is -0.381 e. The van der Waals surface area contributed by atoms with E-state index in [1.54, 1.807) is 0 Å². The van der Waals surface area contributed by atoms with E-state index in [4.69, 9.17) is 4.74 Å². The molecule has 1 unspecified atom stereocenters. The summed E-state index contributed by atoms with van der Waals surface area (Å²) in [6.45, 7) is 4.93. The molecule has 3 rings (SSSR count). The van der Waals surface area contributed by atoms with Crippen LogP contribution in [0.3, 0.4) is 0 Å². The molecule has 5 nitrogen and oxygen atoms in total. The fourth-order valence-corrected chi connectivity index (χ4v) is 4.68. The number of nitrogens with one attached hydrogen (secondary N) is 1. The van der Waals surface area contributed by atoms with Crippen molar-refractivity contribution < 1.29 is 13.2 Å². The summed E-state index contributed by atoms with van der Waals surface area (Å²) >= 11 is 0. The Morgan fingerprint density at radius 3 is 2.42 bits per heavy atom. The molecule has 3 aliphatic rings. The lowest BCUT2D eigenvalue weighted by Gasteiger charge is -2.33. The second-order valence-electron chi connectivity index (χ2n) is 6.17. The van der Waals surface area contributed by atoms with Gasteiger partial charge in [0, 0.05) is 19.2 Å². The van der Waals surface area contributed by atoms with Crippen molar-refractivity contribution in [2.75, 3.05) is 32.8 Å². The van der Waals surface area contributed by atoms with E-state index in [2.05, 4.69) is 9.62 Å². The fraction of sp³-hybridized carbons (Fsp3) is 1.00. The molecule has 6 heteroatoms. The molecule has 0 radical (unpaired) electrons. The lowest BCUT2D eigenvalue weighted by Crippen LogP contribution is -2.46. The van der Waals surface area contributed by atoms with Crippen LogP contribution in [-0.2, 0) is 14.8 Å². The van der Waals surface area contributed by atoms with Gasteiger partial charge in [0.05, 0.1) is 11.9 Å². The lowest BCUT2D eigenvalue weighted by atomic mass is 10.0. The molecule has 0 aromatic heterocycles. The van der Waals surface area contributed by atoms with Crippen LogP contribution >= 0.6 is 0 Å². The number of nitrogens with zero attached hydrogens (tertiary/aromatic N) is 1. The average Bonchev–Trinajstić information content (AvgIpc) is 3.13. The molecular weight excluding hydrogens is 264 g/mol. The van der Waals surface area contributed by atoms with Crippen LogP contribution in [-0.4, -0.2) is 57.5 Å². The topological polar surface area (TPSA) is 58.6 Å². The van der Waals surface area contributed by atoms with E-state index in [1.165, 1.54) is 6.42 Å². The van der Waals surface area contributed by atoms with Crippen LogP contribution in [0.25, 0.3) is 0 Å². The highest BCUT2D eigenvalue weighted by Gasteiger charge is 2.37. The van der Waals surface area contributed by atoms with Gasteiger partial charge in [0.15, 0.2) is 0 Å². The summed E-state index contributed by atoms with van der Waals surface area (Å²) in [5, 5.41) is -0.0961. The van der Waals surface area contributed by atoms with Crippen molar-refractivity contribution in [1.82, 2.24) is 9.62 Å². The van der Waals surface area contributed by atoms with E-state index in [0.717, 1.165) is 58.5 Å². The van der Waals surface area contributed by atoms with Gasteiger partial charge in [0.25, 0.3) is 0 Å². The quantitative estimate of drug-likeness (QED) is 0.803. The predicted octanol–water partition coefficient (Wildman–Crippen LogP) is 0.569. The predicted molar refractivity (Wildman–Crippen MR) is 73.5 cm³/mol. The fourth-order valence-electron chi connectivity index (χ4n) is 3.03. The van der Waals surface area contributed by atoms with Crippen molar-refractivity contribution >= 4 is 10.0 Å². The van der Waals surface area contributed by atoms with Crippen molar-refractivity contribution in [3.8, 4) is 0 Å². The molecule has 1 atom stereocenters. The average molecular weight is 288 g/mol. The summed E-state index contributed by atoms with van der Waals surface area (Å²) in [6.07, 6.45) is 4.75. The number of hydrogen-bond donors (Lipinski definition) is 1. The van der Waals surface area contributed by atoms with E-state index in [1.807, 2.05) is 0 Å². The standard InChI is InChI=1S/C13H24N2O3S/c16-19(17,13-1-2-13)14-12-3-6-15(7-4-12)9-11-5-8-18-10-11/h11-14H,1-10H2. The van der Waals surface area contributed by atoms with Gasteiger partial charge in [-0.2, -0.15) is 0 Å². The van der Waals surface area contributed by atoms with Gasteiger partial charge in [0.2, 0.25) is 10.0 Å². The van der Waals surface area contributed by atoms with Crippen LogP contribution in [0.5, 0.6) is 0 Å². The second kappa shape index (κ2) is 5.68. The van der Waals surface area contributed by atoms with Gasteiger partial charge in [-0.25, -0.2) is 13.1 Å². The Bertz CT molecular complexity index is 394. The molecule has 0 aromatic carbocycles. The molecule has 110 valence electrons. The maximum Gasteiger partial charge on any atom is 0.214 e. The molecule has 1 aliphatic carbocycles. The maximum atomic E-state index is 11.9. The number of ether oxygens (including phenoxy) is 1. The van der Waals surface area contributed by atoms with Crippen molar-refractivity contribution in [1.29, 1.82) is 0 Å². The summed E-state index contributed by atoms with van der Waals surface area (Å²) < 4.78 is 32.1. The minimum atomic E-state index is -3.02. The van der Waals surface area contributed by atoms with E-state index in [0.29, 0.717) is 5.92 Å². The van der Waals surface area contributed by atoms with Crippen LogP contribution in [0.1, 0.15) is 32.1 Å². The molecular formula is C13H24N2O3S. The SMILES string of the molecule is O=S(=O)(NC1CCN(CC2CCOC2)CC1)C1CC1. The molecule has 0 bridgehead atoms. The van der Waals surface area contributed by atoms with Gasteiger partial charge in [0.1, 0.15) is 0 Å². The minimum absolute atomic E-state index is 0.0961. The highest BCUT2D eigenvalue weighted by molar-refractivity contribution is 7.90. The van der Waals surface area contributed by atoms with Crippen molar-refractivity contribution in [3.05, 3.63) is 0 Å². The second-order valence-corrected chi connectivity index (χ2v) is 8.16. The van der Waals surface area contributed by atoms with E-state index < -0.39 is 10.0 Å². The number of hydrogen-bond acceptors (Lipinski definition) is 4. The summed E-state index contributed by atoms with van der Waals surface area (Å²) in [5.41, 5.74) is 0. The number of sulfonamides is 1. The van der Waals surface area contributed by atoms with Gasteiger partial charge >= 0.3 is 0 Å². The monoisotopic (exact) mass is 288 g/mol. The first-order valence-corrected chi connectivity index (χ1v) is 8.99. The number of rotatable bonds is 5. The smallest absolute Gasteiger partial charge is 0.214 e. The largest absolute Gasteiger partial charge is 0.381 e. The Morgan fingerprint density at radius 2 is 1.84 bits per heavy atom. The van der Waals surface area contributed by atoms with Crippen molar-refractivity contribution in [2.45, 2.75) is 43.4 Å². The highest BCUT2D eigenvalue weighted by Crippen LogP contribution is 2.28. The van der Waals surface area contributed by atoms with Gasteiger partial charge in [-0.1, -0.05) is 0 Å². The summed E-state index contributed by atoms with van der Waals surface area (Å²) in [4.78, 5) is 2.46. The van der Waals surface area contributed by atoms with Gasteiger partial charge < -0.3 is 9.64 Å². The molecule has 2 saturated heterocycles. The zero-order chi connectivity index (χ0) is 13.3. The Labute approximate surface area is 115 Å².